The van der Waals surface area contributed by atoms with Crippen LogP contribution in [0.1, 0.15) is 23.0 Å². The molecule has 0 N–H and O–H groups in total. The summed E-state index contributed by atoms with van der Waals surface area (Å²) < 4.78 is 0. The van der Waals surface area contributed by atoms with Crippen molar-refractivity contribution in [2.75, 3.05) is 0 Å². The second-order valence-electron chi connectivity index (χ2n) is 14.1. The Labute approximate surface area is 182 Å². The van der Waals surface area contributed by atoms with Crippen LogP contribution in [-0.4, -0.2) is 32.3 Å². The van der Waals surface area contributed by atoms with Crippen LogP contribution in [0, 0.1) is 0 Å². The SMILES string of the molecule is C[Si](C)(C)CC(C[Si](C)(C)C)c1ccc(C(C[Si](C)(C)C)C[Si](C)(C)C)cc1. The quantitative estimate of drug-likeness (QED) is 0.311. The molecule has 0 atom stereocenters. The van der Waals surface area contributed by atoms with Crippen LogP contribution in [-0.2, 0) is 0 Å². The van der Waals surface area contributed by atoms with Gasteiger partial charge in [0.2, 0.25) is 0 Å². The van der Waals surface area contributed by atoms with Gasteiger partial charge in [-0.3, -0.25) is 0 Å². The van der Waals surface area contributed by atoms with Gasteiger partial charge >= 0.3 is 0 Å². The smallest absolute Gasteiger partial charge is 0.0448 e. The van der Waals surface area contributed by atoms with Gasteiger partial charge in [-0.2, -0.15) is 0 Å². The lowest BCUT2D eigenvalue weighted by Gasteiger charge is -2.31. The fourth-order valence-electron chi connectivity index (χ4n) is 4.61. The maximum atomic E-state index is 2.54. The van der Waals surface area contributed by atoms with Crippen LogP contribution in [0.15, 0.2) is 24.3 Å². The summed E-state index contributed by atoms with van der Waals surface area (Å²) in [6.07, 6.45) is 0. The van der Waals surface area contributed by atoms with E-state index in [4.69, 9.17) is 0 Å². The Hall–Kier alpha value is 0.0875. The van der Waals surface area contributed by atoms with Crippen molar-refractivity contribution in [2.45, 2.75) is 115 Å². The van der Waals surface area contributed by atoms with Crippen LogP contribution < -0.4 is 0 Å². The van der Waals surface area contributed by atoms with Gasteiger partial charge in [-0.15, -0.1) is 0 Å². The van der Waals surface area contributed by atoms with Crippen LogP contribution in [0.4, 0.5) is 0 Å². The highest BCUT2D eigenvalue weighted by molar-refractivity contribution is 6.78. The summed E-state index contributed by atoms with van der Waals surface area (Å²) in [5, 5.41) is 0. The first-order valence-corrected chi connectivity index (χ1v) is 26.3. The summed E-state index contributed by atoms with van der Waals surface area (Å²) >= 11 is 0. The average Bonchev–Trinajstić information content (AvgIpc) is 2.40. The molecule has 0 aliphatic carbocycles. The normalized spacial score (nSPS) is 14.2. The molecule has 1 rings (SSSR count). The van der Waals surface area contributed by atoms with Crippen LogP contribution in [0.5, 0.6) is 0 Å². The minimum atomic E-state index is -1.07. The van der Waals surface area contributed by atoms with Crippen molar-refractivity contribution in [1.82, 2.24) is 0 Å². The molecule has 1 aromatic carbocycles. The predicted octanol–water partition coefficient (Wildman–Crippen LogP) is 9.21. The topological polar surface area (TPSA) is 0 Å². The first-order valence-electron chi connectivity index (χ1n) is 11.4. The maximum absolute atomic E-state index is 2.54. The van der Waals surface area contributed by atoms with Crippen molar-refractivity contribution in [3.8, 4) is 0 Å². The summed E-state index contributed by atoms with van der Waals surface area (Å²) in [6, 6.07) is 15.8. The van der Waals surface area contributed by atoms with Crippen LogP contribution in [0.3, 0.4) is 0 Å². The zero-order valence-corrected chi connectivity index (χ0v) is 25.3. The molecule has 0 fully saturated rings. The second-order valence-corrected chi connectivity index (χ2v) is 36.2. The molecule has 0 unspecified atom stereocenters. The number of hydrogen-bond donors (Lipinski definition) is 0. The van der Waals surface area contributed by atoms with Crippen molar-refractivity contribution < 1.29 is 0 Å². The number of hydrogen-bond acceptors (Lipinski definition) is 0. The monoisotopic (exact) mass is 450 g/mol. The molecule has 4 heteroatoms. The third kappa shape index (κ3) is 11.3. The fourth-order valence-corrected chi connectivity index (χ4v) is 12.6. The largest absolute Gasteiger partial charge is 0.0695 e. The fraction of sp³-hybridized carbons (Fsp3) is 0.750. The van der Waals surface area contributed by atoms with Crippen molar-refractivity contribution in [1.29, 1.82) is 0 Å². The van der Waals surface area contributed by atoms with Crippen molar-refractivity contribution in [2.24, 2.45) is 0 Å². The van der Waals surface area contributed by atoms with Crippen molar-refractivity contribution >= 4 is 32.3 Å². The molecule has 1 aromatic rings. The van der Waals surface area contributed by atoms with E-state index < -0.39 is 32.3 Å². The predicted molar refractivity (Wildman–Crippen MR) is 145 cm³/mol. The molecule has 0 aliphatic rings. The number of rotatable bonds is 10. The summed E-state index contributed by atoms with van der Waals surface area (Å²) in [5.41, 5.74) is 3.24. The molecule has 0 radical (unpaired) electrons. The minimum absolute atomic E-state index is 0.778. The van der Waals surface area contributed by atoms with Crippen LogP contribution >= 0.6 is 0 Å². The molecule has 0 bridgehead atoms. The highest BCUT2D eigenvalue weighted by Crippen LogP contribution is 2.37. The third-order valence-electron chi connectivity index (χ3n) is 5.31. The molecule has 0 saturated heterocycles. The molecule has 0 aromatic heterocycles. The van der Waals surface area contributed by atoms with Crippen LogP contribution in [0.2, 0.25) is 103 Å². The Bertz CT molecular complexity index is 505. The van der Waals surface area contributed by atoms with Crippen LogP contribution in [0.25, 0.3) is 0 Å². The molecular weight excluding hydrogens is 401 g/mol. The molecule has 28 heavy (non-hydrogen) atoms. The zero-order chi connectivity index (χ0) is 22.0. The lowest BCUT2D eigenvalue weighted by atomic mass is 9.97. The third-order valence-corrected chi connectivity index (χ3v) is 12.2. The molecule has 0 saturated carbocycles. The van der Waals surface area contributed by atoms with Gasteiger partial charge in [0.05, 0.1) is 0 Å². The maximum Gasteiger partial charge on any atom is 0.0448 e. The Balaban J connectivity index is 3.14. The lowest BCUT2D eigenvalue weighted by molar-refractivity contribution is 0.807. The summed E-state index contributed by atoms with van der Waals surface area (Å²) in [6.45, 7) is 30.5. The average molecular weight is 451 g/mol. The Kier molecular flexibility index (Phi) is 8.85. The van der Waals surface area contributed by atoms with E-state index in [2.05, 4.69) is 103 Å². The second kappa shape index (κ2) is 9.48. The van der Waals surface area contributed by atoms with E-state index in [0.717, 1.165) is 11.8 Å². The van der Waals surface area contributed by atoms with E-state index in [1.807, 2.05) is 0 Å². The van der Waals surface area contributed by atoms with Crippen molar-refractivity contribution in [3.63, 3.8) is 0 Å². The molecule has 0 nitrogen and oxygen atoms in total. The first kappa shape index (κ1) is 26.1. The highest BCUT2D eigenvalue weighted by Gasteiger charge is 2.29. The van der Waals surface area contributed by atoms with Gasteiger partial charge in [-0.25, -0.2) is 0 Å². The van der Waals surface area contributed by atoms with Gasteiger partial charge in [-0.05, 0) is 23.0 Å². The van der Waals surface area contributed by atoms with E-state index in [-0.39, 0.29) is 0 Å². The Morgan fingerprint density at radius 2 is 0.607 bits per heavy atom. The highest BCUT2D eigenvalue weighted by atomic mass is 28.3. The number of benzene rings is 1. The first-order chi connectivity index (χ1) is 12.3. The lowest BCUT2D eigenvalue weighted by Crippen LogP contribution is -2.29. The zero-order valence-electron chi connectivity index (χ0n) is 21.3. The van der Waals surface area contributed by atoms with E-state index in [0.29, 0.717) is 0 Å². The molecule has 162 valence electrons. The van der Waals surface area contributed by atoms with Gasteiger partial charge in [0.15, 0.2) is 0 Å². The Morgan fingerprint density at radius 3 is 0.750 bits per heavy atom. The standard InChI is InChI=1S/C24H50Si4/c1-25(2,3)17-23(18-26(4,5)6)21-13-15-22(16-14-21)24(19-27(7,8)9)20-28(10,11)12/h13-16,23-24H,17-20H2,1-12H3. The van der Waals surface area contributed by atoms with E-state index in [9.17, 15) is 0 Å². The molecular formula is C24H50Si4. The molecule has 0 heterocycles. The van der Waals surface area contributed by atoms with E-state index >= 15 is 0 Å². The summed E-state index contributed by atoms with van der Waals surface area (Å²) in [4.78, 5) is 0. The van der Waals surface area contributed by atoms with Gasteiger partial charge < -0.3 is 0 Å². The molecule has 0 spiro atoms. The van der Waals surface area contributed by atoms with Gasteiger partial charge in [0.25, 0.3) is 0 Å². The Morgan fingerprint density at radius 1 is 0.429 bits per heavy atom. The molecule has 0 amide bonds. The summed E-state index contributed by atoms with van der Waals surface area (Å²) in [7, 11) is -4.27. The molecule has 0 aliphatic heterocycles. The minimum Gasteiger partial charge on any atom is -0.0695 e. The van der Waals surface area contributed by atoms with E-state index in [1.165, 1.54) is 24.2 Å². The van der Waals surface area contributed by atoms with Gasteiger partial charge in [-0.1, -0.05) is 127 Å². The van der Waals surface area contributed by atoms with E-state index in [1.54, 1.807) is 11.1 Å². The van der Waals surface area contributed by atoms with Crippen molar-refractivity contribution in [3.05, 3.63) is 35.4 Å². The van der Waals surface area contributed by atoms with Gasteiger partial charge in [0, 0.05) is 32.3 Å². The van der Waals surface area contributed by atoms with Gasteiger partial charge in [0.1, 0.15) is 0 Å². The summed E-state index contributed by atoms with van der Waals surface area (Å²) in [5.74, 6) is 1.56.